The number of ether oxygens (including phenoxy) is 1. The van der Waals surface area contributed by atoms with E-state index in [9.17, 15) is 4.46 Å². The lowest BCUT2D eigenvalue weighted by molar-refractivity contribution is -0.124. The SMILES string of the molecule is O=[Si](O)OC(CO)OCCO. The van der Waals surface area contributed by atoms with E-state index in [1.54, 1.807) is 0 Å². The quantitative estimate of drug-likeness (QED) is 0.317. The maximum absolute atomic E-state index is 10.0. The fourth-order valence-electron chi connectivity index (χ4n) is 0.421. The molecule has 0 saturated carbocycles. The topological polar surface area (TPSA) is 96.2 Å². The van der Waals surface area contributed by atoms with Crippen molar-refractivity contribution in [1.29, 1.82) is 0 Å². The van der Waals surface area contributed by atoms with Crippen molar-refractivity contribution in [2.45, 2.75) is 6.29 Å². The van der Waals surface area contributed by atoms with Gasteiger partial charge in [0.25, 0.3) is 0 Å². The van der Waals surface area contributed by atoms with Crippen molar-refractivity contribution in [3.05, 3.63) is 0 Å². The van der Waals surface area contributed by atoms with Gasteiger partial charge in [0.05, 0.1) is 13.2 Å². The average Bonchev–Trinajstić information content (AvgIpc) is 1.97. The highest BCUT2D eigenvalue weighted by molar-refractivity contribution is 6.24. The van der Waals surface area contributed by atoms with E-state index < -0.39 is 22.1 Å². The average molecular weight is 182 g/mol. The molecule has 1 unspecified atom stereocenters. The molecule has 0 bridgehead atoms. The zero-order valence-corrected chi connectivity index (χ0v) is 6.77. The van der Waals surface area contributed by atoms with Gasteiger partial charge in [-0.25, -0.2) is 0 Å². The van der Waals surface area contributed by atoms with Crippen LogP contribution in [0.5, 0.6) is 0 Å². The summed E-state index contributed by atoms with van der Waals surface area (Å²) in [6, 6.07) is 0. The van der Waals surface area contributed by atoms with E-state index in [1.165, 1.54) is 0 Å². The molecule has 0 saturated heterocycles. The molecule has 0 amide bonds. The zero-order chi connectivity index (χ0) is 8.69. The lowest BCUT2D eigenvalue weighted by Crippen LogP contribution is -2.27. The first-order valence-electron chi connectivity index (χ1n) is 2.93. The normalized spacial score (nSPS) is 12.5. The summed E-state index contributed by atoms with van der Waals surface area (Å²) in [5, 5.41) is 16.7. The van der Waals surface area contributed by atoms with Crippen molar-refractivity contribution in [1.82, 2.24) is 0 Å². The molecule has 0 radical (unpaired) electrons. The first kappa shape index (κ1) is 10.5. The molecule has 11 heavy (non-hydrogen) atoms. The third kappa shape index (κ3) is 5.92. The largest absolute Gasteiger partial charge is 0.766 e. The minimum atomic E-state index is -3.09. The molecule has 0 aromatic carbocycles. The summed E-state index contributed by atoms with van der Waals surface area (Å²) in [5.41, 5.74) is 0. The zero-order valence-electron chi connectivity index (χ0n) is 5.77. The Balaban J connectivity index is 3.49. The van der Waals surface area contributed by atoms with Crippen molar-refractivity contribution >= 4 is 9.17 Å². The second kappa shape index (κ2) is 6.22. The van der Waals surface area contributed by atoms with Crippen molar-refractivity contribution in [3.63, 3.8) is 0 Å². The van der Waals surface area contributed by atoms with Gasteiger partial charge < -0.3 is 24.2 Å². The third-order valence-electron chi connectivity index (χ3n) is 0.776. The summed E-state index contributed by atoms with van der Waals surface area (Å²) in [5.74, 6) is 0. The Bertz CT molecular complexity index is 117. The van der Waals surface area contributed by atoms with Crippen LogP contribution in [0.15, 0.2) is 0 Å². The molecule has 3 N–H and O–H groups in total. The van der Waals surface area contributed by atoms with E-state index in [0.29, 0.717) is 0 Å². The van der Waals surface area contributed by atoms with E-state index in [1.807, 2.05) is 0 Å². The van der Waals surface area contributed by atoms with Crippen molar-refractivity contribution < 1.29 is 28.6 Å². The second-order valence-electron chi connectivity index (χ2n) is 1.59. The summed E-state index contributed by atoms with van der Waals surface area (Å²) < 4.78 is 18.9. The minimum absolute atomic E-state index is 0.0413. The molecule has 0 fully saturated rings. The number of aliphatic hydroxyl groups is 2. The maximum Gasteiger partial charge on any atom is 0.766 e. The molecule has 66 valence electrons. The van der Waals surface area contributed by atoms with Gasteiger partial charge in [-0.2, -0.15) is 0 Å². The van der Waals surface area contributed by atoms with Gasteiger partial charge >= 0.3 is 9.17 Å². The van der Waals surface area contributed by atoms with E-state index in [4.69, 9.17) is 15.0 Å². The summed E-state index contributed by atoms with van der Waals surface area (Å²) >= 11 is 0. The molecule has 0 aromatic heterocycles. The van der Waals surface area contributed by atoms with Gasteiger partial charge in [-0.05, 0) is 0 Å². The lowest BCUT2D eigenvalue weighted by Gasteiger charge is -2.12. The van der Waals surface area contributed by atoms with E-state index in [2.05, 4.69) is 9.16 Å². The second-order valence-corrected chi connectivity index (χ2v) is 2.36. The first-order valence-corrected chi connectivity index (χ1v) is 4.20. The molecule has 0 rings (SSSR count). The monoisotopic (exact) mass is 182 g/mol. The van der Waals surface area contributed by atoms with Crippen LogP contribution in [0.4, 0.5) is 0 Å². The van der Waals surface area contributed by atoms with E-state index in [0.717, 1.165) is 0 Å². The molecule has 0 aliphatic carbocycles. The number of hydrogen-bond donors (Lipinski definition) is 3. The molecule has 0 aromatic rings. The molecule has 0 heterocycles. The van der Waals surface area contributed by atoms with Gasteiger partial charge in [0.2, 0.25) is 6.29 Å². The highest BCUT2D eigenvalue weighted by Crippen LogP contribution is 1.91. The Morgan fingerprint density at radius 3 is 2.45 bits per heavy atom. The smallest absolute Gasteiger partial charge is 0.511 e. The highest BCUT2D eigenvalue weighted by Gasteiger charge is 2.14. The van der Waals surface area contributed by atoms with Crippen LogP contribution in [0.1, 0.15) is 0 Å². The molecular weight excluding hydrogens is 172 g/mol. The summed E-state index contributed by atoms with van der Waals surface area (Å²) in [6.45, 7) is -0.788. The highest BCUT2D eigenvalue weighted by atomic mass is 28.3. The number of aliphatic hydroxyl groups excluding tert-OH is 2. The molecular formula is C4H10O6Si. The fourth-order valence-corrected chi connectivity index (χ4v) is 0.788. The Morgan fingerprint density at radius 2 is 2.09 bits per heavy atom. The Morgan fingerprint density at radius 1 is 1.45 bits per heavy atom. The molecule has 6 nitrogen and oxygen atoms in total. The molecule has 7 heteroatoms. The van der Waals surface area contributed by atoms with Gasteiger partial charge in [0.1, 0.15) is 6.61 Å². The van der Waals surface area contributed by atoms with Crippen LogP contribution in [0.2, 0.25) is 0 Å². The first-order chi connectivity index (χ1) is 5.20. The van der Waals surface area contributed by atoms with E-state index in [-0.39, 0.29) is 13.2 Å². The molecule has 0 aliphatic rings. The summed E-state index contributed by atoms with van der Waals surface area (Å²) in [4.78, 5) is 8.22. The van der Waals surface area contributed by atoms with Gasteiger partial charge in [0, 0.05) is 0 Å². The predicted octanol–water partition coefficient (Wildman–Crippen LogP) is -2.26. The van der Waals surface area contributed by atoms with Gasteiger partial charge in [-0.1, -0.05) is 0 Å². The summed E-state index contributed by atoms with van der Waals surface area (Å²) in [7, 11) is -3.09. The number of rotatable bonds is 6. The lowest BCUT2D eigenvalue weighted by atomic mass is 10.7. The third-order valence-corrected chi connectivity index (χ3v) is 1.24. The Kier molecular flexibility index (Phi) is 5.94. The standard InChI is InChI=1S/C4H10O6Si/c5-1-2-9-4(3-6)10-11(7)8/h4-7H,1-3H2. The van der Waals surface area contributed by atoms with Crippen molar-refractivity contribution in [2.75, 3.05) is 19.8 Å². The van der Waals surface area contributed by atoms with Crippen LogP contribution in [0.25, 0.3) is 0 Å². The van der Waals surface area contributed by atoms with Crippen LogP contribution in [-0.4, -0.2) is 50.3 Å². The van der Waals surface area contributed by atoms with Gasteiger partial charge in [-0.3, -0.25) is 4.46 Å². The number of hydrogen-bond acceptors (Lipinski definition) is 5. The fraction of sp³-hybridized carbons (Fsp3) is 1.00. The maximum atomic E-state index is 10.0. The molecule has 0 aliphatic heterocycles. The van der Waals surface area contributed by atoms with Crippen molar-refractivity contribution in [3.8, 4) is 0 Å². The van der Waals surface area contributed by atoms with Crippen LogP contribution >= 0.6 is 0 Å². The van der Waals surface area contributed by atoms with Gasteiger partial charge in [0.15, 0.2) is 0 Å². The minimum Gasteiger partial charge on any atom is -0.511 e. The van der Waals surface area contributed by atoms with Crippen LogP contribution in [0.3, 0.4) is 0 Å². The van der Waals surface area contributed by atoms with Crippen molar-refractivity contribution in [2.24, 2.45) is 0 Å². The summed E-state index contributed by atoms with van der Waals surface area (Å²) in [6.07, 6.45) is -1.13. The van der Waals surface area contributed by atoms with E-state index >= 15 is 0 Å². The Hall–Kier alpha value is -0.503. The Labute approximate surface area is 64.9 Å². The predicted molar refractivity (Wildman–Crippen MR) is 33.7 cm³/mol. The van der Waals surface area contributed by atoms with Gasteiger partial charge in [-0.15, -0.1) is 0 Å². The molecule has 1 atom stereocenters. The van der Waals surface area contributed by atoms with Crippen LogP contribution < -0.4 is 0 Å². The molecule has 0 spiro atoms. The van der Waals surface area contributed by atoms with Crippen LogP contribution in [0, 0.1) is 0 Å². The van der Waals surface area contributed by atoms with Crippen LogP contribution in [-0.2, 0) is 13.6 Å².